The summed E-state index contributed by atoms with van der Waals surface area (Å²) in [4.78, 5) is 8.26. The van der Waals surface area contributed by atoms with Crippen LogP contribution in [0.25, 0.3) is 0 Å². The normalized spacial score (nSPS) is 14.1. The highest BCUT2D eigenvalue weighted by molar-refractivity contribution is 14.1. The van der Waals surface area contributed by atoms with Crippen molar-refractivity contribution in [1.82, 2.24) is 4.98 Å². The molecule has 5 heteroatoms. The van der Waals surface area contributed by atoms with Crippen LogP contribution >= 0.6 is 22.6 Å². The minimum atomic E-state index is 0.170. The van der Waals surface area contributed by atoms with Gasteiger partial charge in [0.05, 0.1) is 5.69 Å². The smallest absolute Gasteiger partial charge is 0.173 e. The summed E-state index contributed by atoms with van der Waals surface area (Å²) in [5.74, 6) is 0.571. The summed E-state index contributed by atoms with van der Waals surface area (Å²) in [5, 5.41) is 7.57. The lowest BCUT2D eigenvalue weighted by atomic mass is 10.1. The molecule has 0 spiro atoms. The topological polar surface area (TPSA) is 75.1 Å². The summed E-state index contributed by atoms with van der Waals surface area (Å²) in [7, 11) is 0. The maximum absolute atomic E-state index is 7.57. The summed E-state index contributed by atoms with van der Waals surface area (Å²) in [5.41, 5.74) is 8.06. The van der Waals surface area contributed by atoms with E-state index >= 15 is 0 Å². The number of nitrogens with two attached hydrogens (primary N) is 1. The Morgan fingerprint density at radius 2 is 2.29 bits per heavy atom. The van der Waals surface area contributed by atoms with Gasteiger partial charge in [0.2, 0.25) is 0 Å². The van der Waals surface area contributed by atoms with E-state index in [1.54, 1.807) is 0 Å². The molecule has 0 saturated carbocycles. The molecule has 0 aliphatic carbocycles. The van der Waals surface area contributed by atoms with E-state index in [1.807, 2.05) is 13.0 Å². The average Bonchev–Trinajstić information content (AvgIpc) is 2.41. The fraction of sp³-hybridized carbons (Fsp3) is 0.222. The molecule has 0 amide bonds. The van der Waals surface area contributed by atoms with Crippen LogP contribution in [-0.4, -0.2) is 16.7 Å². The van der Waals surface area contributed by atoms with Gasteiger partial charge in [0.1, 0.15) is 11.5 Å². The lowest BCUT2D eigenvalue weighted by Crippen LogP contribution is -2.12. The fourth-order valence-electron chi connectivity index (χ4n) is 1.38. The van der Waals surface area contributed by atoms with E-state index in [9.17, 15) is 0 Å². The van der Waals surface area contributed by atoms with Crippen LogP contribution in [0.3, 0.4) is 0 Å². The Morgan fingerprint density at radius 3 is 2.93 bits per heavy atom. The number of pyridine rings is 1. The molecular weight excluding hydrogens is 291 g/mol. The molecule has 1 aromatic heterocycles. The van der Waals surface area contributed by atoms with Gasteiger partial charge < -0.3 is 5.73 Å². The summed E-state index contributed by atoms with van der Waals surface area (Å²) in [6, 6.07) is 1.95. The zero-order valence-corrected chi connectivity index (χ0v) is 9.79. The molecule has 0 fully saturated rings. The van der Waals surface area contributed by atoms with Gasteiger partial charge >= 0.3 is 0 Å². The number of aryl methyl sites for hydroxylation is 1. The van der Waals surface area contributed by atoms with Gasteiger partial charge in [-0.2, -0.15) is 0 Å². The van der Waals surface area contributed by atoms with Crippen LogP contribution in [0.1, 0.15) is 23.9 Å². The fourth-order valence-corrected chi connectivity index (χ4v) is 2.20. The quantitative estimate of drug-likeness (QED) is 0.767. The zero-order chi connectivity index (χ0) is 10.3. The van der Waals surface area contributed by atoms with E-state index in [4.69, 9.17) is 11.1 Å². The van der Waals surface area contributed by atoms with Crippen LogP contribution in [0, 0.1) is 8.98 Å². The Hall–Kier alpha value is -0.980. The predicted octanol–water partition coefficient (Wildman–Crippen LogP) is 1.29. The number of halogens is 1. The van der Waals surface area contributed by atoms with Gasteiger partial charge in [-0.05, 0) is 35.1 Å². The van der Waals surface area contributed by atoms with Crippen molar-refractivity contribution >= 4 is 34.3 Å². The Balaban J connectivity index is 2.65. The van der Waals surface area contributed by atoms with Gasteiger partial charge in [-0.15, -0.1) is 0 Å². The molecule has 72 valence electrons. The number of rotatable bonds is 1. The zero-order valence-electron chi connectivity index (χ0n) is 7.63. The molecule has 1 aromatic rings. The van der Waals surface area contributed by atoms with E-state index in [-0.39, 0.29) is 5.84 Å². The molecule has 1 aliphatic rings. The van der Waals surface area contributed by atoms with Gasteiger partial charge in [-0.3, -0.25) is 5.41 Å². The number of aromatic nitrogens is 1. The van der Waals surface area contributed by atoms with E-state index in [0.717, 1.165) is 21.2 Å². The molecule has 0 atom stereocenters. The molecule has 0 aromatic carbocycles. The van der Waals surface area contributed by atoms with Crippen LogP contribution in [-0.2, 0) is 6.42 Å². The monoisotopic (exact) mass is 300 g/mol. The summed E-state index contributed by atoms with van der Waals surface area (Å²) < 4.78 is 1.08. The van der Waals surface area contributed by atoms with Crippen molar-refractivity contribution in [3.05, 3.63) is 26.6 Å². The molecule has 14 heavy (non-hydrogen) atoms. The number of nitrogens with zero attached hydrogens (tertiary/aromatic N) is 2. The average molecular weight is 300 g/mol. The van der Waals surface area contributed by atoms with Gasteiger partial charge in [0.15, 0.2) is 5.84 Å². The van der Waals surface area contributed by atoms with Crippen molar-refractivity contribution in [3.63, 3.8) is 0 Å². The lowest BCUT2D eigenvalue weighted by Gasteiger charge is -2.04. The second-order valence-electron chi connectivity index (χ2n) is 3.01. The van der Waals surface area contributed by atoms with Crippen LogP contribution < -0.4 is 5.73 Å². The second kappa shape index (κ2) is 3.30. The molecule has 1 aliphatic heterocycles. The highest BCUT2D eigenvalue weighted by Gasteiger charge is 2.21. The van der Waals surface area contributed by atoms with Gasteiger partial charge in [0, 0.05) is 9.13 Å². The molecule has 0 radical (unpaired) electrons. The number of hydrogen-bond donors (Lipinski definition) is 2. The number of fused-ring (bicyclic) bond motifs is 1. The molecule has 4 nitrogen and oxygen atoms in total. The third-order valence-electron chi connectivity index (χ3n) is 2.12. The Bertz CT molecular complexity index is 450. The number of nitrogens with one attached hydrogen (secondary N) is 1. The van der Waals surface area contributed by atoms with Gasteiger partial charge in [0.25, 0.3) is 0 Å². The third kappa shape index (κ3) is 1.31. The number of hydrogen-bond acceptors (Lipinski definition) is 3. The maximum atomic E-state index is 7.57. The maximum Gasteiger partial charge on any atom is 0.173 e. The van der Waals surface area contributed by atoms with Crippen molar-refractivity contribution in [1.29, 1.82) is 5.41 Å². The minimum absolute atomic E-state index is 0.170. The summed E-state index contributed by atoms with van der Waals surface area (Å²) in [6.07, 6.45) is 0.860. The number of aliphatic imine (C=N–C) groups is 1. The predicted molar refractivity (Wildman–Crippen MR) is 63.9 cm³/mol. The molecular formula is C9H9IN4. The van der Waals surface area contributed by atoms with Gasteiger partial charge in [-0.1, -0.05) is 6.92 Å². The molecule has 2 heterocycles. The van der Waals surface area contributed by atoms with Gasteiger partial charge in [-0.25, -0.2) is 9.98 Å². The van der Waals surface area contributed by atoms with Crippen molar-refractivity contribution < 1.29 is 0 Å². The molecule has 0 unspecified atom stereocenters. The summed E-state index contributed by atoms with van der Waals surface area (Å²) in [6.45, 7) is 2.04. The van der Waals surface area contributed by atoms with E-state index < -0.39 is 0 Å². The van der Waals surface area contributed by atoms with Crippen LogP contribution in [0.5, 0.6) is 0 Å². The molecule has 3 N–H and O–H groups in total. The van der Waals surface area contributed by atoms with E-state index in [2.05, 4.69) is 32.6 Å². The Labute approximate surface area is 95.3 Å². The summed E-state index contributed by atoms with van der Waals surface area (Å²) >= 11 is 2.23. The second-order valence-corrected chi connectivity index (χ2v) is 4.17. The lowest BCUT2D eigenvalue weighted by molar-refractivity contribution is 1.01. The SMILES string of the molecule is CCc1nc2c(cc1I)C(N)=NC2=N. The van der Waals surface area contributed by atoms with Crippen molar-refractivity contribution in [2.45, 2.75) is 13.3 Å². The first-order valence-electron chi connectivity index (χ1n) is 4.26. The van der Waals surface area contributed by atoms with Crippen LogP contribution in [0.15, 0.2) is 11.1 Å². The van der Waals surface area contributed by atoms with Crippen molar-refractivity contribution in [2.24, 2.45) is 10.7 Å². The third-order valence-corrected chi connectivity index (χ3v) is 3.05. The Kier molecular flexibility index (Phi) is 2.26. The van der Waals surface area contributed by atoms with Crippen LogP contribution in [0.4, 0.5) is 0 Å². The first-order valence-corrected chi connectivity index (χ1v) is 5.34. The first-order chi connectivity index (χ1) is 6.63. The highest BCUT2D eigenvalue weighted by Crippen LogP contribution is 2.20. The molecule has 0 saturated heterocycles. The van der Waals surface area contributed by atoms with Crippen molar-refractivity contribution in [3.8, 4) is 0 Å². The van der Waals surface area contributed by atoms with Crippen molar-refractivity contribution in [2.75, 3.05) is 0 Å². The standard InChI is InChI=1S/C9H9IN4/c1-2-6-5(10)3-4-7(13-6)9(12)14-8(4)11/h3H,2H2,1H3,(H3,11,12,14). The first kappa shape index (κ1) is 9.57. The van der Waals surface area contributed by atoms with E-state index in [0.29, 0.717) is 11.5 Å². The van der Waals surface area contributed by atoms with E-state index in [1.165, 1.54) is 0 Å². The molecule has 0 bridgehead atoms. The molecule has 2 rings (SSSR count). The highest BCUT2D eigenvalue weighted by atomic mass is 127. The minimum Gasteiger partial charge on any atom is -0.383 e. The number of amidine groups is 2. The largest absolute Gasteiger partial charge is 0.383 e. The Morgan fingerprint density at radius 1 is 1.57 bits per heavy atom. The van der Waals surface area contributed by atoms with Crippen LogP contribution in [0.2, 0.25) is 0 Å².